The quantitative estimate of drug-likeness (QED) is 0.728. The monoisotopic (exact) mass is 435 g/mol. The molecule has 1 aliphatic heterocycles. The van der Waals surface area contributed by atoms with Gasteiger partial charge < -0.3 is 19.4 Å². The Bertz CT molecular complexity index is 896. The Hall–Kier alpha value is -2.44. The molecule has 0 aliphatic carbocycles. The molecule has 0 atom stereocenters. The molecule has 154 valence electrons. The number of para-hydroxylation sites is 1. The van der Waals surface area contributed by atoms with Crippen molar-refractivity contribution in [1.29, 1.82) is 0 Å². The van der Waals surface area contributed by atoms with Crippen molar-refractivity contribution in [1.82, 2.24) is 14.7 Å². The largest absolute Gasteiger partial charge is 0.488 e. The fraction of sp³-hybridized carbons (Fsp3) is 0.333. The van der Waals surface area contributed by atoms with Crippen LogP contribution < -0.4 is 4.74 Å². The van der Waals surface area contributed by atoms with Gasteiger partial charge in [-0.25, -0.2) is 4.79 Å². The van der Waals surface area contributed by atoms with Crippen LogP contribution in [-0.4, -0.2) is 66.9 Å². The number of carbonyl (C=O) groups is 2. The van der Waals surface area contributed by atoms with Crippen molar-refractivity contribution < 1.29 is 14.3 Å². The van der Waals surface area contributed by atoms with Gasteiger partial charge in [0, 0.05) is 55.9 Å². The van der Waals surface area contributed by atoms with Crippen LogP contribution in [-0.2, 0) is 6.61 Å². The van der Waals surface area contributed by atoms with Crippen molar-refractivity contribution in [3.63, 3.8) is 0 Å². The molecule has 0 N–H and O–H groups in total. The first kappa shape index (κ1) is 21.3. The van der Waals surface area contributed by atoms with E-state index in [9.17, 15) is 9.59 Å². The maximum absolute atomic E-state index is 13.0. The van der Waals surface area contributed by atoms with Crippen LogP contribution >= 0.6 is 23.2 Å². The molecule has 1 fully saturated rings. The standard InChI is InChI=1S/C21H23Cl2N3O3/c1-24(2)21(28)26-11-9-25(10-12-26)20(27)17-5-3-4-6-19(17)29-14-15-7-8-16(22)13-18(15)23/h3-8,13H,9-12,14H2,1-2H3. The summed E-state index contributed by atoms with van der Waals surface area (Å²) in [5.41, 5.74) is 1.28. The molecule has 0 radical (unpaired) electrons. The summed E-state index contributed by atoms with van der Waals surface area (Å²) in [4.78, 5) is 30.2. The van der Waals surface area contributed by atoms with Crippen molar-refractivity contribution >= 4 is 35.1 Å². The predicted octanol–water partition coefficient (Wildman–Crippen LogP) is 4.01. The first-order chi connectivity index (χ1) is 13.9. The summed E-state index contributed by atoms with van der Waals surface area (Å²) < 4.78 is 5.90. The highest BCUT2D eigenvalue weighted by Gasteiger charge is 2.27. The topological polar surface area (TPSA) is 53.1 Å². The number of piperazine rings is 1. The van der Waals surface area contributed by atoms with Gasteiger partial charge in [0.1, 0.15) is 12.4 Å². The second kappa shape index (κ2) is 9.37. The van der Waals surface area contributed by atoms with Crippen LogP contribution in [0.15, 0.2) is 42.5 Å². The number of urea groups is 1. The van der Waals surface area contributed by atoms with E-state index < -0.39 is 0 Å². The SMILES string of the molecule is CN(C)C(=O)N1CCN(C(=O)c2ccccc2OCc2ccc(Cl)cc2Cl)CC1. The third-order valence-corrected chi connectivity index (χ3v) is 5.32. The maximum Gasteiger partial charge on any atom is 0.319 e. The van der Waals surface area contributed by atoms with E-state index in [2.05, 4.69) is 0 Å². The Labute approximate surface area is 180 Å². The Morgan fingerprint density at radius 1 is 1.00 bits per heavy atom. The van der Waals surface area contributed by atoms with E-state index in [1.807, 2.05) is 6.07 Å². The van der Waals surface area contributed by atoms with Crippen LogP contribution in [0, 0.1) is 0 Å². The van der Waals surface area contributed by atoms with Gasteiger partial charge in [-0.15, -0.1) is 0 Å². The Balaban J connectivity index is 1.67. The van der Waals surface area contributed by atoms with E-state index in [1.54, 1.807) is 65.2 Å². The molecule has 0 bridgehead atoms. The number of amides is 3. The van der Waals surface area contributed by atoms with Gasteiger partial charge >= 0.3 is 6.03 Å². The molecule has 0 unspecified atom stereocenters. The van der Waals surface area contributed by atoms with E-state index in [-0.39, 0.29) is 18.5 Å². The van der Waals surface area contributed by atoms with Crippen LogP contribution in [0.3, 0.4) is 0 Å². The zero-order valence-electron chi connectivity index (χ0n) is 16.4. The molecule has 29 heavy (non-hydrogen) atoms. The molecule has 3 rings (SSSR count). The molecule has 1 saturated heterocycles. The number of rotatable bonds is 4. The Kier molecular flexibility index (Phi) is 6.87. The van der Waals surface area contributed by atoms with Gasteiger partial charge in [-0.05, 0) is 24.3 Å². The summed E-state index contributed by atoms with van der Waals surface area (Å²) in [6.07, 6.45) is 0. The minimum absolute atomic E-state index is 0.0410. The van der Waals surface area contributed by atoms with E-state index in [0.29, 0.717) is 47.5 Å². The summed E-state index contributed by atoms with van der Waals surface area (Å²) >= 11 is 12.1. The van der Waals surface area contributed by atoms with Crippen LogP contribution in [0.4, 0.5) is 4.79 Å². The third kappa shape index (κ3) is 5.14. The third-order valence-electron chi connectivity index (χ3n) is 4.74. The molecular formula is C21H23Cl2N3O3. The first-order valence-electron chi connectivity index (χ1n) is 9.28. The van der Waals surface area contributed by atoms with Crippen LogP contribution in [0.25, 0.3) is 0 Å². The Morgan fingerprint density at radius 2 is 1.66 bits per heavy atom. The zero-order chi connectivity index (χ0) is 21.0. The first-order valence-corrected chi connectivity index (χ1v) is 10.0. The van der Waals surface area contributed by atoms with Gasteiger partial charge in [-0.2, -0.15) is 0 Å². The molecular weight excluding hydrogens is 413 g/mol. The molecule has 6 nitrogen and oxygen atoms in total. The maximum atomic E-state index is 13.0. The number of halogens is 2. The van der Waals surface area contributed by atoms with Gasteiger partial charge in [0.15, 0.2) is 0 Å². The summed E-state index contributed by atoms with van der Waals surface area (Å²) in [6, 6.07) is 12.3. The van der Waals surface area contributed by atoms with Gasteiger partial charge in [0.2, 0.25) is 0 Å². The van der Waals surface area contributed by atoms with Gasteiger partial charge in [0.25, 0.3) is 5.91 Å². The van der Waals surface area contributed by atoms with Crippen molar-refractivity contribution in [3.8, 4) is 5.75 Å². The van der Waals surface area contributed by atoms with Gasteiger partial charge in [-0.1, -0.05) is 41.4 Å². The molecule has 1 heterocycles. The predicted molar refractivity (Wildman–Crippen MR) is 114 cm³/mol. The highest BCUT2D eigenvalue weighted by Crippen LogP contribution is 2.25. The van der Waals surface area contributed by atoms with E-state index in [1.165, 1.54) is 0 Å². The van der Waals surface area contributed by atoms with Crippen LogP contribution in [0.5, 0.6) is 5.75 Å². The minimum atomic E-state index is -0.111. The zero-order valence-corrected chi connectivity index (χ0v) is 17.9. The molecule has 3 amide bonds. The minimum Gasteiger partial charge on any atom is -0.488 e. The number of carbonyl (C=O) groups excluding carboxylic acids is 2. The average molecular weight is 436 g/mol. The molecule has 8 heteroatoms. The summed E-state index contributed by atoms with van der Waals surface area (Å²) in [7, 11) is 3.45. The van der Waals surface area contributed by atoms with Crippen LogP contribution in [0.2, 0.25) is 10.0 Å². The van der Waals surface area contributed by atoms with E-state index >= 15 is 0 Å². The molecule has 2 aromatic carbocycles. The smallest absolute Gasteiger partial charge is 0.319 e. The van der Waals surface area contributed by atoms with Crippen LogP contribution in [0.1, 0.15) is 15.9 Å². The summed E-state index contributed by atoms with van der Waals surface area (Å²) in [5.74, 6) is 0.384. The average Bonchev–Trinajstić information content (AvgIpc) is 2.72. The van der Waals surface area contributed by atoms with Gasteiger partial charge in [-0.3, -0.25) is 4.79 Å². The Morgan fingerprint density at radius 3 is 2.31 bits per heavy atom. The summed E-state index contributed by atoms with van der Waals surface area (Å²) in [6.45, 7) is 2.20. The lowest BCUT2D eigenvalue weighted by Crippen LogP contribution is -2.52. The number of ether oxygens (including phenoxy) is 1. The molecule has 0 aromatic heterocycles. The molecule has 0 saturated carbocycles. The van der Waals surface area contributed by atoms with Crippen molar-refractivity contribution in [2.24, 2.45) is 0 Å². The van der Waals surface area contributed by atoms with Crippen molar-refractivity contribution in [2.75, 3.05) is 40.3 Å². The molecule has 2 aromatic rings. The normalized spacial score (nSPS) is 13.9. The van der Waals surface area contributed by atoms with E-state index in [0.717, 1.165) is 5.56 Å². The number of hydrogen-bond acceptors (Lipinski definition) is 3. The fourth-order valence-corrected chi connectivity index (χ4v) is 3.58. The highest BCUT2D eigenvalue weighted by atomic mass is 35.5. The lowest BCUT2D eigenvalue weighted by molar-refractivity contribution is 0.0645. The summed E-state index contributed by atoms with van der Waals surface area (Å²) in [5, 5.41) is 1.07. The molecule has 1 aliphatic rings. The number of nitrogens with zero attached hydrogens (tertiary/aromatic N) is 3. The molecule has 0 spiro atoms. The number of benzene rings is 2. The second-order valence-corrected chi connectivity index (χ2v) is 7.82. The fourth-order valence-electron chi connectivity index (χ4n) is 3.12. The van der Waals surface area contributed by atoms with Crippen molar-refractivity contribution in [3.05, 3.63) is 63.6 Å². The van der Waals surface area contributed by atoms with Crippen molar-refractivity contribution in [2.45, 2.75) is 6.61 Å². The lowest BCUT2D eigenvalue weighted by atomic mass is 10.1. The highest BCUT2D eigenvalue weighted by molar-refractivity contribution is 6.35. The van der Waals surface area contributed by atoms with Gasteiger partial charge in [0.05, 0.1) is 5.56 Å². The van der Waals surface area contributed by atoms with E-state index in [4.69, 9.17) is 27.9 Å². The second-order valence-electron chi connectivity index (χ2n) is 6.98. The lowest BCUT2D eigenvalue weighted by Gasteiger charge is -2.36. The number of hydrogen-bond donors (Lipinski definition) is 0.